The maximum Gasteiger partial charge on any atom is 0.381 e. The van der Waals surface area contributed by atoms with Gasteiger partial charge in [0.25, 0.3) is 0 Å². The van der Waals surface area contributed by atoms with Gasteiger partial charge in [-0.1, -0.05) is 60.7 Å². The molecule has 3 aromatic rings. The highest BCUT2D eigenvalue weighted by Gasteiger charge is 2.64. The molecule has 0 spiro atoms. The van der Waals surface area contributed by atoms with Crippen molar-refractivity contribution in [1.82, 2.24) is 4.73 Å². The number of carbonyl (C=O) groups is 3. The zero-order chi connectivity index (χ0) is 25.6. The number of ether oxygens (including phenoxy) is 2. The molecule has 0 saturated carbocycles. The number of esters is 2. The van der Waals surface area contributed by atoms with Gasteiger partial charge in [0.15, 0.2) is 0 Å². The van der Waals surface area contributed by atoms with Crippen molar-refractivity contribution in [2.45, 2.75) is 25.9 Å². The Kier molecular flexibility index (Phi) is 7.43. The van der Waals surface area contributed by atoms with Gasteiger partial charge in [0, 0.05) is 12.1 Å². The van der Waals surface area contributed by atoms with Crippen LogP contribution in [0.15, 0.2) is 72.8 Å². The second kappa shape index (κ2) is 10.3. The first kappa shape index (κ1) is 25.3. The van der Waals surface area contributed by atoms with Crippen molar-refractivity contribution in [2.24, 2.45) is 11.1 Å². The minimum absolute atomic E-state index is 0.241. The molecule has 0 fully saturated rings. The first-order chi connectivity index (χ1) is 16.6. The molecule has 3 rings (SSSR count). The summed E-state index contributed by atoms with van der Waals surface area (Å²) in [4.78, 5) is 43.7. The fraction of sp³-hybridized carbons (Fsp3) is 0.208. The maximum absolute atomic E-state index is 13.1. The first-order valence-corrected chi connectivity index (χ1v) is 10.3. The van der Waals surface area contributed by atoms with Crippen molar-refractivity contribution < 1.29 is 44.0 Å². The van der Waals surface area contributed by atoms with E-state index < -0.39 is 40.8 Å². The third kappa shape index (κ3) is 5.26. The molecule has 5 N–H and O–H groups in total. The minimum Gasteiger partial charge on any atom is -0.492 e. The third-order valence-corrected chi connectivity index (χ3v) is 5.29. The Morgan fingerprint density at radius 2 is 1.17 bits per heavy atom. The fourth-order valence-corrected chi connectivity index (χ4v) is 2.98. The molecule has 0 saturated heterocycles. The second-order valence-electron chi connectivity index (χ2n) is 7.74. The van der Waals surface area contributed by atoms with E-state index in [1.165, 1.54) is 0 Å². The van der Waals surface area contributed by atoms with E-state index in [9.17, 15) is 29.7 Å². The summed E-state index contributed by atoms with van der Waals surface area (Å²) in [5, 5.41) is 30.4. The number of aromatic nitrogens is 1. The normalized spacial score (nSPS) is 12.9. The van der Waals surface area contributed by atoms with Crippen molar-refractivity contribution in [3.8, 4) is 11.8 Å². The molecule has 0 aliphatic carbocycles. The monoisotopic (exact) mass is 484 g/mol. The van der Waals surface area contributed by atoms with Crippen LogP contribution in [0.4, 0.5) is 0 Å². The molecule has 0 aliphatic heterocycles. The topological polar surface area (TPSA) is 171 Å². The molecule has 0 aliphatic rings. The SMILES string of the molecule is CC(C(=O)OCc1ccccc1)(C(=O)OCc1ccccc1)C(N)(O)C(=O)On1c(O)ccc1O. The van der Waals surface area contributed by atoms with Crippen molar-refractivity contribution in [2.75, 3.05) is 0 Å². The molecule has 0 amide bonds. The Hall–Kier alpha value is -4.35. The number of rotatable bonds is 9. The Balaban J connectivity index is 1.89. The van der Waals surface area contributed by atoms with Crippen LogP contribution < -0.4 is 10.6 Å². The smallest absolute Gasteiger partial charge is 0.381 e. The lowest BCUT2D eigenvalue weighted by molar-refractivity contribution is -0.205. The summed E-state index contributed by atoms with van der Waals surface area (Å²) in [5.41, 5.74) is 0.758. The van der Waals surface area contributed by atoms with Gasteiger partial charge in [-0.25, -0.2) is 4.79 Å². The number of aliphatic hydroxyl groups is 1. The van der Waals surface area contributed by atoms with E-state index >= 15 is 0 Å². The Morgan fingerprint density at radius 1 is 0.771 bits per heavy atom. The fourth-order valence-electron chi connectivity index (χ4n) is 2.98. The quantitative estimate of drug-likeness (QED) is 0.195. The summed E-state index contributed by atoms with van der Waals surface area (Å²) in [6.07, 6.45) is 0. The number of nitrogens with two attached hydrogens (primary N) is 1. The van der Waals surface area contributed by atoms with Gasteiger partial charge >= 0.3 is 17.9 Å². The van der Waals surface area contributed by atoms with Gasteiger partial charge in [-0.3, -0.25) is 15.3 Å². The Bertz CT molecular complexity index is 1120. The zero-order valence-corrected chi connectivity index (χ0v) is 18.7. The summed E-state index contributed by atoms with van der Waals surface area (Å²) in [7, 11) is 0. The van der Waals surface area contributed by atoms with Crippen molar-refractivity contribution in [3.63, 3.8) is 0 Å². The van der Waals surface area contributed by atoms with Crippen LogP contribution >= 0.6 is 0 Å². The highest BCUT2D eigenvalue weighted by Crippen LogP contribution is 2.33. The van der Waals surface area contributed by atoms with Crippen LogP contribution in [0.25, 0.3) is 0 Å². The van der Waals surface area contributed by atoms with Crippen LogP contribution in [0.1, 0.15) is 18.1 Å². The number of aromatic hydroxyl groups is 2. The van der Waals surface area contributed by atoms with Crippen molar-refractivity contribution in [1.29, 1.82) is 0 Å². The van der Waals surface area contributed by atoms with Crippen LogP contribution in [-0.2, 0) is 37.1 Å². The number of hydrogen-bond acceptors (Lipinski definition) is 10. The average Bonchev–Trinajstić information content (AvgIpc) is 3.18. The predicted octanol–water partition coefficient (Wildman–Crippen LogP) is 0.995. The van der Waals surface area contributed by atoms with E-state index in [-0.39, 0.29) is 17.9 Å². The van der Waals surface area contributed by atoms with E-state index in [1.807, 2.05) is 0 Å². The summed E-state index contributed by atoms with van der Waals surface area (Å²) in [5.74, 6) is -5.93. The number of benzene rings is 2. The van der Waals surface area contributed by atoms with E-state index in [0.29, 0.717) is 11.1 Å². The third-order valence-electron chi connectivity index (χ3n) is 5.29. The molecule has 2 aromatic carbocycles. The molecule has 0 radical (unpaired) electrons. The molecule has 11 heteroatoms. The van der Waals surface area contributed by atoms with E-state index in [1.54, 1.807) is 60.7 Å². The molecule has 11 nitrogen and oxygen atoms in total. The number of hydrogen-bond donors (Lipinski definition) is 4. The number of carbonyl (C=O) groups excluding carboxylic acids is 3. The highest BCUT2D eigenvalue weighted by molar-refractivity contribution is 6.06. The molecular formula is C24H24N2O9. The lowest BCUT2D eigenvalue weighted by atomic mass is 9.79. The summed E-state index contributed by atoms with van der Waals surface area (Å²) < 4.78 is 10.6. The van der Waals surface area contributed by atoms with Gasteiger partial charge in [-0.2, -0.15) is 0 Å². The molecular weight excluding hydrogens is 460 g/mol. The van der Waals surface area contributed by atoms with Crippen LogP contribution in [0.3, 0.4) is 0 Å². The Morgan fingerprint density at radius 3 is 1.57 bits per heavy atom. The number of nitrogens with zero attached hydrogens (tertiary/aromatic N) is 1. The van der Waals surface area contributed by atoms with Crippen LogP contribution in [0.2, 0.25) is 0 Å². The van der Waals surface area contributed by atoms with Gasteiger partial charge in [0.2, 0.25) is 22.9 Å². The summed E-state index contributed by atoms with van der Waals surface area (Å²) in [6.45, 7) is 0.265. The van der Waals surface area contributed by atoms with E-state index in [4.69, 9.17) is 20.0 Å². The van der Waals surface area contributed by atoms with Crippen LogP contribution in [0, 0.1) is 5.41 Å². The summed E-state index contributed by atoms with van der Waals surface area (Å²) >= 11 is 0. The Labute approximate surface area is 199 Å². The van der Waals surface area contributed by atoms with Gasteiger partial charge in [0.05, 0.1) is 0 Å². The average molecular weight is 484 g/mol. The van der Waals surface area contributed by atoms with Gasteiger partial charge in [-0.15, -0.1) is 4.73 Å². The molecule has 0 bridgehead atoms. The van der Waals surface area contributed by atoms with Gasteiger partial charge < -0.3 is 29.6 Å². The van der Waals surface area contributed by atoms with Gasteiger partial charge in [0.1, 0.15) is 13.2 Å². The largest absolute Gasteiger partial charge is 0.492 e. The van der Waals surface area contributed by atoms with E-state index in [2.05, 4.69) is 0 Å². The lowest BCUT2D eigenvalue weighted by Crippen LogP contribution is -2.68. The molecule has 1 aromatic heterocycles. The van der Waals surface area contributed by atoms with Crippen LogP contribution in [0.5, 0.6) is 11.8 Å². The van der Waals surface area contributed by atoms with Crippen LogP contribution in [-0.4, -0.2) is 43.7 Å². The summed E-state index contributed by atoms with van der Waals surface area (Å²) in [6, 6.07) is 18.9. The van der Waals surface area contributed by atoms with Gasteiger partial charge in [-0.05, 0) is 18.1 Å². The second-order valence-corrected chi connectivity index (χ2v) is 7.74. The molecule has 1 heterocycles. The molecule has 35 heavy (non-hydrogen) atoms. The maximum atomic E-state index is 13.1. The van der Waals surface area contributed by atoms with Crippen molar-refractivity contribution >= 4 is 17.9 Å². The minimum atomic E-state index is -3.35. The standard InChI is InChI=1S/C24H24N2O9/c1-23(20(29)33-14-16-8-4-2-5-9-16,21(30)34-15-17-10-6-3-7-11-17)24(25,32)22(31)35-26-18(27)12-13-19(26)28/h2-13,27-28,32H,14-15,25H2,1H3. The molecule has 1 atom stereocenters. The predicted molar refractivity (Wildman–Crippen MR) is 119 cm³/mol. The molecule has 184 valence electrons. The zero-order valence-electron chi connectivity index (χ0n) is 18.7. The first-order valence-electron chi connectivity index (χ1n) is 10.3. The van der Waals surface area contributed by atoms with E-state index in [0.717, 1.165) is 19.1 Å². The van der Waals surface area contributed by atoms with Crippen molar-refractivity contribution in [3.05, 3.63) is 83.9 Å². The highest BCUT2D eigenvalue weighted by atomic mass is 16.7. The molecule has 1 unspecified atom stereocenters. The lowest BCUT2D eigenvalue weighted by Gasteiger charge is -2.35.